The molecule has 0 saturated heterocycles. The predicted molar refractivity (Wildman–Crippen MR) is 107 cm³/mol. The molecule has 4 bridgehead atoms. The highest BCUT2D eigenvalue weighted by atomic mass is 79.9. The average Bonchev–Trinajstić information content (AvgIpc) is 3.43. The highest BCUT2D eigenvalue weighted by Crippen LogP contribution is 2.66. The van der Waals surface area contributed by atoms with Crippen LogP contribution < -0.4 is 0 Å². The number of fused-ring (bicyclic) bond motifs is 2. The normalized spacial score (nSPS) is 45.9. The number of hydrogen-bond donors (Lipinski definition) is 0. The van der Waals surface area contributed by atoms with Gasteiger partial charge in [-0.1, -0.05) is 28.1 Å². The van der Waals surface area contributed by atoms with Crippen LogP contribution in [0.2, 0.25) is 0 Å². The zero-order chi connectivity index (χ0) is 19.9. The lowest BCUT2D eigenvalue weighted by Crippen LogP contribution is -2.58. The van der Waals surface area contributed by atoms with Crippen LogP contribution in [0.25, 0.3) is 0 Å². The van der Waals surface area contributed by atoms with Crippen LogP contribution in [0.5, 0.6) is 0 Å². The molecule has 8 heteroatoms. The molecule has 3 fully saturated rings. The number of halogens is 1. The fourth-order valence-corrected chi connectivity index (χ4v) is 8.35. The molecule has 29 heavy (non-hydrogen) atoms. The molecule has 150 valence electrons. The Balaban J connectivity index is 1.34. The number of allylic oxidation sites excluding steroid dienone is 1. The third-order valence-electron chi connectivity index (χ3n) is 7.92. The summed E-state index contributed by atoms with van der Waals surface area (Å²) in [7, 11) is -3.93. The van der Waals surface area contributed by atoms with Crippen LogP contribution in [0.1, 0.15) is 12.8 Å². The Labute approximate surface area is 178 Å². The second-order valence-corrected chi connectivity index (χ2v) is 11.4. The summed E-state index contributed by atoms with van der Waals surface area (Å²) >= 11 is 3.32. The van der Waals surface area contributed by atoms with Gasteiger partial charge in [0.15, 0.2) is 0 Å². The minimum absolute atomic E-state index is 0.0431. The van der Waals surface area contributed by atoms with Crippen molar-refractivity contribution in [3.05, 3.63) is 40.9 Å². The van der Waals surface area contributed by atoms with Crippen molar-refractivity contribution in [2.75, 3.05) is 0 Å². The molecule has 7 rings (SSSR count). The van der Waals surface area contributed by atoms with Gasteiger partial charge < -0.3 is 0 Å². The minimum Gasteiger partial charge on any atom is -0.261 e. The van der Waals surface area contributed by atoms with Crippen molar-refractivity contribution in [2.45, 2.75) is 35.9 Å². The third kappa shape index (κ3) is 2.44. The van der Waals surface area contributed by atoms with Gasteiger partial charge >= 0.3 is 0 Å². The van der Waals surface area contributed by atoms with Gasteiger partial charge in [0, 0.05) is 10.4 Å². The highest BCUT2D eigenvalue weighted by molar-refractivity contribution is 9.10. The van der Waals surface area contributed by atoms with Crippen molar-refractivity contribution in [2.24, 2.45) is 51.7 Å². The first kappa shape index (κ1) is 18.2. The lowest BCUT2D eigenvalue weighted by atomic mass is 9.56. The summed E-state index contributed by atoms with van der Waals surface area (Å²) in [6.07, 6.45) is 5.80. The molecule has 0 radical (unpaired) electrons. The van der Waals surface area contributed by atoms with Crippen molar-refractivity contribution in [1.29, 1.82) is 5.26 Å². The fourth-order valence-electron chi connectivity index (χ4n) is 6.95. The molecule has 10 unspecified atom stereocenters. The molecule has 6 aliphatic rings. The molecule has 0 spiro atoms. The van der Waals surface area contributed by atoms with Crippen LogP contribution in [0.4, 0.5) is 0 Å². The Bertz CT molecular complexity index is 1060. The first-order valence-electron chi connectivity index (χ1n) is 10.1. The first-order valence-corrected chi connectivity index (χ1v) is 12.3. The topological polar surface area (TPSA) is 91.9 Å². The third-order valence-corrected chi connectivity index (χ3v) is 9.77. The van der Waals surface area contributed by atoms with Gasteiger partial charge in [0.1, 0.15) is 0 Å². The molecule has 6 nitrogen and oxygen atoms in total. The number of azo groups is 1. The Kier molecular flexibility index (Phi) is 3.91. The fraction of sp³-hybridized carbons (Fsp3) is 0.571. The molecule has 2 aliphatic heterocycles. The quantitative estimate of drug-likeness (QED) is 0.490. The SMILES string of the molecule is N#CC1C2CC(C1OS(=O)(=O)c1ccc(Br)cc1)C1C3N=NC(C4CC=CC43)C21. The summed E-state index contributed by atoms with van der Waals surface area (Å²) in [5, 5.41) is 19.2. The zero-order valence-electron chi connectivity index (χ0n) is 15.5. The Morgan fingerprint density at radius 1 is 1.07 bits per heavy atom. The van der Waals surface area contributed by atoms with E-state index in [1.54, 1.807) is 12.1 Å². The number of benzene rings is 1. The number of nitrogens with zero attached hydrogens (tertiary/aromatic N) is 3. The second kappa shape index (κ2) is 6.22. The maximum Gasteiger partial charge on any atom is 0.297 e. The largest absolute Gasteiger partial charge is 0.297 e. The minimum atomic E-state index is -3.93. The van der Waals surface area contributed by atoms with Gasteiger partial charge in [-0.3, -0.25) is 4.18 Å². The molecule has 10 atom stereocenters. The second-order valence-electron chi connectivity index (χ2n) is 8.96. The van der Waals surface area contributed by atoms with Gasteiger partial charge in [0.25, 0.3) is 10.1 Å². The maximum atomic E-state index is 12.9. The Morgan fingerprint density at radius 2 is 1.79 bits per heavy atom. The van der Waals surface area contributed by atoms with Crippen LogP contribution in [0, 0.1) is 52.8 Å². The molecule has 0 amide bonds. The zero-order valence-corrected chi connectivity index (χ0v) is 17.9. The van der Waals surface area contributed by atoms with Crippen molar-refractivity contribution >= 4 is 26.0 Å². The first-order chi connectivity index (χ1) is 14.0. The molecular weight excluding hydrogens is 454 g/mol. The van der Waals surface area contributed by atoms with Crippen LogP contribution in [-0.2, 0) is 14.3 Å². The van der Waals surface area contributed by atoms with E-state index in [1.165, 1.54) is 12.1 Å². The van der Waals surface area contributed by atoms with E-state index in [0.717, 1.165) is 17.3 Å². The smallest absolute Gasteiger partial charge is 0.261 e. The van der Waals surface area contributed by atoms with E-state index in [2.05, 4.69) is 44.4 Å². The van der Waals surface area contributed by atoms with Crippen molar-refractivity contribution in [3.8, 4) is 6.07 Å². The van der Waals surface area contributed by atoms with Crippen LogP contribution in [0.3, 0.4) is 0 Å². The van der Waals surface area contributed by atoms with Gasteiger partial charge in [0.2, 0.25) is 0 Å². The van der Waals surface area contributed by atoms with E-state index in [0.29, 0.717) is 17.8 Å². The van der Waals surface area contributed by atoms with Crippen molar-refractivity contribution < 1.29 is 12.6 Å². The Hall–Kier alpha value is -1.56. The van der Waals surface area contributed by atoms with Gasteiger partial charge in [0.05, 0.1) is 35.1 Å². The lowest BCUT2D eigenvalue weighted by molar-refractivity contribution is -0.0381. The van der Waals surface area contributed by atoms with Gasteiger partial charge in [-0.05, 0) is 66.7 Å². The molecule has 0 N–H and O–H groups in total. The summed E-state index contributed by atoms with van der Waals surface area (Å²) in [6, 6.07) is 9.09. The van der Waals surface area contributed by atoms with E-state index in [9.17, 15) is 13.7 Å². The molecule has 4 aliphatic carbocycles. The van der Waals surface area contributed by atoms with Gasteiger partial charge in [-0.15, -0.1) is 0 Å². The molecule has 3 saturated carbocycles. The molecule has 1 aromatic rings. The van der Waals surface area contributed by atoms with E-state index in [4.69, 9.17) is 4.18 Å². The predicted octanol–water partition coefficient (Wildman–Crippen LogP) is 3.95. The van der Waals surface area contributed by atoms with Crippen LogP contribution in [-0.4, -0.2) is 26.6 Å². The monoisotopic (exact) mass is 473 g/mol. The summed E-state index contributed by atoms with van der Waals surface area (Å²) in [5.74, 6) is 1.29. The molecule has 0 aromatic heterocycles. The summed E-state index contributed by atoms with van der Waals surface area (Å²) < 4.78 is 32.5. The standard InChI is InChI=1S/C21H20BrN3O3S/c22-10-4-6-11(7-5-10)29(26,27)28-21-15-8-14(16(21)9-23)17-18(15)20-13-3-1-2-12(13)19(17)24-25-20/h1,3-7,12-21H,2,8H2. The lowest BCUT2D eigenvalue weighted by Gasteiger charge is -2.53. The van der Waals surface area contributed by atoms with Gasteiger partial charge in [-0.25, -0.2) is 0 Å². The molecular formula is C21H20BrN3O3S. The highest BCUT2D eigenvalue weighted by Gasteiger charge is 2.69. The van der Waals surface area contributed by atoms with E-state index >= 15 is 0 Å². The molecule has 2 heterocycles. The maximum absolute atomic E-state index is 12.9. The summed E-state index contributed by atoms with van der Waals surface area (Å²) in [5.41, 5.74) is 0. The van der Waals surface area contributed by atoms with Crippen LogP contribution in [0.15, 0.2) is 56.0 Å². The van der Waals surface area contributed by atoms with Crippen molar-refractivity contribution in [1.82, 2.24) is 0 Å². The molecule has 1 aromatic carbocycles. The van der Waals surface area contributed by atoms with E-state index in [-0.39, 0.29) is 34.7 Å². The number of hydrogen-bond acceptors (Lipinski definition) is 6. The van der Waals surface area contributed by atoms with Crippen LogP contribution >= 0.6 is 15.9 Å². The number of rotatable bonds is 3. The van der Waals surface area contributed by atoms with Crippen molar-refractivity contribution in [3.63, 3.8) is 0 Å². The summed E-state index contributed by atoms with van der Waals surface area (Å²) in [4.78, 5) is 0.125. The number of nitriles is 1. The van der Waals surface area contributed by atoms with E-state index in [1.807, 2.05) is 0 Å². The Morgan fingerprint density at radius 3 is 2.55 bits per heavy atom. The summed E-state index contributed by atoms with van der Waals surface area (Å²) in [6.45, 7) is 0. The van der Waals surface area contributed by atoms with Gasteiger partial charge in [-0.2, -0.15) is 23.9 Å². The average molecular weight is 474 g/mol. The van der Waals surface area contributed by atoms with E-state index < -0.39 is 22.1 Å².